The molecule has 4 rings (SSSR count). The van der Waals surface area contributed by atoms with Crippen LogP contribution in [0.15, 0.2) is 36.8 Å². The van der Waals surface area contributed by atoms with Gasteiger partial charge >= 0.3 is 0 Å². The molecule has 1 aromatic carbocycles. The van der Waals surface area contributed by atoms with Crippen molar-refractivity contribution < 1.29 is 0 Å². The van der Waals surface area contributed by atoms with Crippen LogP contribution in [0, 0.1) is 6.92 Å². The number of aryl methyl sites for hydroxylation is 1. The molecule has 0 amide bonds. The second-order valence-electron chi connectivity index (χ2n) is 6.06. The molecule has 3 aromatic rings. The summed E-state index contributed by atoms with van der Waals surface area (Å²) < 4.78 is 0. The molecule has 112 valence electrons. The number of nitrogens with one attached hydrogen (secondary N) is 1. The van der Waals surface area contributed by atoms with Gasteiger partial charge in [0.1, 0.15) is 12.1 Å². The van der Waals surface area contributed by atoms with Gasteiger partial charge in [-0.3, -0.25) is 0 Å². The molecule has 22 heavy (non-hydrogen) atoms. The van der Waals surface area contributed by atoms with Gasteiger partial charge in [-0.15, -0.1) is 0 Å². The number of anilines is 1. The lowest BCUT2D eigenvalue weighted by atomic mass is 10.1. The van der Waals surface area contributed by atoms with Crippen LogP contribution in [0.3, 0.4) is 0 Å². The minimum Gasteiger partial charge on any atom is -0.360 e. The molecular weight excluding hydrogens is 272 g/mol. The SMILES string of the molecule is Cc1ccc2[nH]cc(-c3cc(N4CCCCC4)ncn3)c2c1. The van der Waals surface area contributed by atoms with Gasteiger partial charge in [0.25, 0.3) is 0 Å². The third-order valence-electron chi connectivity index (χ3n) is 4.45. The van der Waals surface area contributed by atoms with Crippen LogP contribution < -0.4 is 4.90 Å². The third kappa shape index (κ3) is 2.34. The van der Waals surface area contributed by atoms with Gasteiger partial charge in [0.05, 0.1) is 5.69 Å². The van der Waals surface area contributed by atoms with Crippen molar-refractivity contribution in [3.63, 3.8) is 0 Å². The molecule has 0 saturated carbocycles. The minimum atomic E-state index is 0.993. The topological polar surface area (TPSA) is 44.8 Å². The maximum Gasteiger partial charge on any atom is 0.132 e. The monoisotopic (exact) mass is 292 g/mol. The summed E-state index contributed by atoms with van der Waals surface area (Å²) >= 11 is 0. The summed E-state index contributed by atoms with van der Waals surface area (Å²) in [7, 11) is 0. The van der Waals surface area contributed by atoms with Crippen molar-refractivity contribution in [3.05, 3.63) is 42.4 Å². The molecule has 3 heterocycles. The molecule has 0 radical (unpaired) electrons. The zero-order valence-electron chi connectivity index (χ0n) is 12.8. The Labute approximate surface area is 130 Å². The molecule has 1 aliphatic rings. The van der Waals surface area contributed by atoms with Crippen molar-refractivity contribution in [3.8, 4) is 11.3 Å². The van der Waals surface area contributed by atoms with Gasteiger partial charge in [-0.2, -0.15) is 0 Å². The summed E-state index contributed by atoms with van der Waals surface area (Å²) in [5.41, 5.74) is 4.56. The Kier molecular flexibility index (Phi) is 3.29. The van der Waals surface area contributed by atoms with E-state index in [1.807, 2.05) is 6.20 Å². The molecule has 0 aliphatic carbocycles. The number of aromatic nitrogens is 3. The number of piperidine rings is 1. The molecule has 4 nitrogen and oxygen atoms in total. The number of hydrogen-bond donors (Lipinski definition) is 1. The zero-order chi connectivity index (χ0) is 14.9. The summed E-state index contributed by atoms with van der Waals surface area (Å²) in [5, 5.41) is 1.23. The van der Waals surface area contributed by atoms with Crippen LogP contribution in [0.4, 0.5) is 5.82 Å². The van der Waals surface area contributed by atoms with Crippen molar-refractivity contribution in [2.24, 2.45) is 0 Å². The average Bonchev–Trinajstić information content (AvgIpc) is 2.99. The van der Waals surface area contributed by atoms with Gasteiger partial charge < -0.3 is 9.88 Å². The van der Waals surface area contributed by atoms with E-state index >= 15 is 0 Å². The van der Waals surface area contributed by atoms with E-state index in [4.69, 9.17) is 0 Å². The van der Waals surface area contributed by atoms with Crippen LogP contribution in [0.1, 0.15) is 24.8 Å². The number of hydrogen-bond acceptors (Lipinski definition) is 3. The first-order valence-electron chi connectivity index (χ1n) is 7.96. The van der Waals surface area contributed by atoms with E-state index in [0.29, 0.717) is 0 Å². The summed E-state index contributed by atoms with van der Waals surface area (Å²) in [5.74, 6) is 1.05. The van der Waals surface area contributed by atoms with Crippen molar-refractivity contribution in [1.29, 1.82) is 0 Å². The van der Waals surface area contributed by atoms with Gasteiger partial charge in [-0.05, 0) is 38.3 Å². The smallest absolute Gasteiger partial charge is 0.132 e. The van der Waals surface area contributed by atoms with Gasteiger partial charge in [0.2, 0.25) is 0 Å². The second kappa shape index (κ2) is 5.44. The largest absolute Gasteiger partial charge is 0.360 e. The van der Waals surface area contributed by atoms with E-state index in [1.54, 1.807) is 6.33 Å². The first kappa shape index (κ1) is 13.3. The minimum absolute atomic E-state index is 0.993. The highest BCUT2D eigenvalue weighted by Gasteiger charge is 2.14. The lowest BCUT2D eigenvalue weighted by Gasteiger charge is -2.27. The van der Waals surface area contributed by atoms with Crippen LogP contribution in [0.2, 0.25) is 0 Å². The molecule has 0 spiro atoms. The van der Waals surface area contributed by atoms with Gasteiger partial charge in [0, 0.05) is 41.8 Å². The van der Waals surface area contributed by atoms with E-state index in [1.165, 1.54) is 30.2 Å². The summed E-state index contributed by atoms with van der Waals surface area (Å²) in [6, 6.07) is 8.59. The molecule has 1 saturated heterocycles. The first-order chi connectivity index (χ1) is 10.8. The second-order valence-corrected chi connectivity index (χ2v) is 6.06. The van der Waals surface area contributed by atoms with Crippen LogP contribution in [0.5, 0.6) is 0 Å². The fourth-order valence-corrected chi connectivity index (χ4v) is 3.24. The molecule has 0 atom stereocenters. The lowest BCUT2D eigenvalue weighted by molar-refractivity contribution is 0.573. The highest BCUT2D eigenvalue weighted by atomic mass is 15.2. The Bertz CT molecular complexity index is 800. The Morgan fingerprint density at radius 3 is 2.77 bits per heavy atom. The molecule has 0 bridgehead atoms. The van der Waals surface area contributed by atoms with E-state index in [2.05, 4.69) is 51.0 Å². The predicted octanol–water partition coefficient (Wildman–Crippen LogP) is 3.92. The lowest BCUT2D eigenvalue weighted by Crippen LogP contribution is -2.30. The zero-order valence-corrected chi connectivity index (χ0v) is 12.8. The Hall–Kier alpha value is -2.36. The number of nitrogens with zero attached hydrogens (tertiary/aromatic N) is 3. The predicted molar refractivity (Wildman–Crippen MR) is 90.1 cm³/mol. The summed E-state index contributed by atoms with van der Waals surface area (Å²) in [6.07, 6.45) is 7.58. The average molecular weight is 292 g/mol. The van der Waals surface area contributed by atoms with Crippen molar-refractivity contribution in [2.75, 3.05) is 18.0 Å². The van der Waals surface area contributed by atoms with Crippen molar-refractivity contribution in [2.45, 2.75) is 26.2 Å². The van der Waals surface area contributed by atoms with E-state index in [0.717, 1.165) is 35.7 Å². The standard InChI is InChI=1S/C18H20N4/c1-13-5-6-16-14(9-13)15(11-19-16)17-10-18(21-12-20-17)22-7-3-2-4-8-22/h5-6,9-12,19H,2-4,7-8H2,1H3. The Balaban J connectivity index is 1.76. The summed E-state index contributed by atoms with van der Waals surface area (Å²) in [6.45, 7) is 4.32. The highest BCUT2D eigenvalue weighted by Crippen LogP contribution is 2.29. The molecule has 4 heteroatoms. The number of rotatable bonds is 2. The molecule has 0 unspecified atom stereocenters. The third-order valence-corrected chi connectivity index (χ3v) is 4.45. The summed E-state index contributed by atoms with van der Waals surface area (Å²) in [4.78, 5) is 14.7. The molecule has 1 N–H and O–H groups in total. The number of H-pyrrole nitrogens is 1. The van der Waals surface area contributed by atoms with Crippen molar-refractivity contribution in [1.82, 2.24) is 15.0 Å². The maximum absolute atomic E-state index is 4.50. The van der Waals surface area contributed by atoms with Crippen LogP contribution >= 0.6 is 0 Å². The van der Waals surface area contributed by atoms with Crippen LogP contribution in [0.25, 0.3) is 22.2 Å². The first-order valence-corrected chi connectivity index (χ1v) is 7.96. The quantitative estimate of drug-likeness (QED) is 0.778. The molecular formula is C18H20N4. The number of benzene rings is 1. The van der Waals surface area contributed by atoms with E-state index in [9.17, 15) is 0 Å². The van der Waals surface area contributed by atoms with Crippen molar-refractivity contribution >= 4 is 16.7 Å². The normalized spacial score (nSPS) is 15.4. The van der Waals surface area contributed by atoms with Crippen LogP contribution in [-0.4, -0.2) is 28.0 Å². The van der Waals surface area contributed by atoms with Gasteiger partial charge in [-0.25, -0.2) is 9.97 Å². The maximum atomic E-state index is 4.50. The van der Waals surface area contributed by atoms with Gasteiger partial charge in [-0.1, -0.05) is 11.6 Å². The molecule has 1 aliphatic heterocycles. The molecule has 1 fully saturated rings. The Morgan fingerprint density at radius 1 is 1.05 bits per heavy atom. The van der Waals surface area contributed by atoms with E-state index < -0.39 is 0 Å². The fourth-order valence-electron chi connectivity index (χ4n) is 3.24. The van der Waals surface area contributed by atoms with Crippen LogP contribution in [-0.2, 0) is 0 Å². The number of aromatic amines is 1. The fraction of sp³-hybridized carbons (Fsp3) is 0.333. The van der Waals surface area contributed by atoms with E-state index in [-0.39, 0.29) is 0 Å². The van der Waals surface area contributed by atoms with Gasteiger partial charge in [0.15, 0.2) is 0 Å². The number of fused-ring (bicyclic) bond motifs is 1. The Morgan fingerprint density at radius 2 is 1.91 bits per heavy atom. The highest BCUT2D eigenvalue weighted by molar-refractivity contribution is 5.95. The molecule has 2 aromatic heterocycles.